The van der Waals surface area contributed by atoms with Crippen LogP contribution in [0.5, 0.6) is 0 Å². The van der Waals surface area contributed by atoms with Crippen molar-refractivity contribution in [2.45, 2.75) is 51.7 Å². The molecule has 0 bridgehead atoms. The van der Waals surface area contributed by atoms with Gasteiger partial charge in [-0.3, -0.25) is 0 Å². The molecule has 1 aliphatic heterocycles. The highest BCUT2D eigenvalue weighted by Crippen LogP contribution is 2.49. The summed E-state index contributed by atoms with van der Waals surface area (Å²) in [6.07, 6.45) is 1.82. The van der Waals surface area contributed by atoms with E-state index in [1.165, 1.54) is 0 Å². The first kappa shape index (κ1) is 16.2. The summed E-state index contributed by atoms with van der Waals surface area (Å²) in [7, 11) is 0. The monoisotopic (exact) mass is 310 g/mol. The molecule has 3 rings (SSSR count). The SMILES string of the molecule is CC1(C)CC(C)(c2ccccc2)OOC(C)(c2ccccc2)C1. The van der Waals surface area contributed by atoms with E-state index in [9.17, 15) is 0 Å². The highest BCUT2D eigenvalue weighted by molar-refractivity contribution is 5.25. The molecule has 0 spiro atoms. The average Bonchev–Trinajstić information content (AvgIpc) is 2.63. The molecule has 2 heteroatoms. The number of hydrogen-bond acceptors (Lipinski definition) is 2. The van der Waals surface area contributed by atoms with Crippen molar-refractivity contribution in [3.63, 3.8) is 0 Å². The second kappa shape index (κ2) is 5.77. The van der Waals surface area contributed by atoms with Crippen molar-refractivity contribution in [1.29, 1.82) is 0 Å². The van der Waals surface area contributed by atoms with Crippen molar-refractivity contribution in [3.05, 3.63) is 71.8 Å². The van der Waals surface area contributed by atoms with Crippen LogP contribution in [0, 0.1) is 5.41 Å². The molecular formula is C21H26O2. The Labute approximate surface area is 139 Å². The molecular weight excluding hydrogens is 284 g/mol. The maximum atomic E-state index is 6.08. The van der Waals surface area contributed by atoms with E-state index in [1.807, 2.05) is 12.1 Å². The van der Waals surface area contributed by atoms with Gasteiger partial charge < -0.3 is 0 Å². The number of hydrogen-bond donors (Lipinski definition) is 0. The lowest BCUT2D eigenvalue weighted by atomic mass is 9.71. The standard InChI is InChI=1S/C21H26O2/c1-19(2)15-20(3,17-11-7-5-8-12-17)22-23-21(4,16-19)18-13-9-6-10-14-18/h5-14H,15-16H2,1-4H3. The molecule has 1 saturated heterocycles. The Balaban J connectivity index is 1.97. The highest BCUT2D eigenvalue weighted by atomic mass is 17.2. The van der Waals surface area contributed by atoms with E-state index >= 15 is 0 Å². The van der Waals surface area contributed by atoms with Crippen LogP contribution in [0.3, 0.4) is 0 Å². The summed E-state index contributed by atoms with van der Waals surface area (Å²) >= 11 is 0. The fourth-order valence-electron chi connectivity index (χ4n) is 4.01. The summed E-state index contributed by atoms with van der Waals surface area (Å²) in [5.41, 5.74) is 1.51. The van der Waals surface area contributed by atoms with Gasteiger partial charge in [0.05, 0.1) is 0 Å². The largest absolute Gasteiger partial charge is 0.225 e. The molecule has 2 aromatic carbocycles. The molecule has 0 aromatic heterocycles. The Morgan fingerprint density at radius 2 is 0.957 bits per heavy atom. The third-order valence-electron chi connectivity index (χ3n) is 4.81. The van der Waals surface area contributed by atoms with Crippen LogP contribution < -0.4 is 0 Å². The summed E-state index contributed by atoms with van der Waals surface area (Å²) in [6.45, 7) is 8.85. The quantitative estimate of drug-likeness (QED) is 0.674. The maximum Gasteiger partial charge on any atom is 0.126 e. The molecule has 2 unspecified atom stereocenters. The van der Waals surface area contributed by atoms with Gasteiger partial charge in [-0.05, 0) is 43.2 Å². The normalized spacial score (nSPS) is 30.6. The Bertz CT molecular complexity index is 593. The van der Waals surface area contributed by atoms with Crippen molar-refractivity contribution < 1.29 is 9.78 Å². The topological polar surface area (TPSA) is 18.5 Å². The van der Waals surface area contributed by atoms with Gasteiger partial charge in [0.2, 0.25) is 0 Å². The van der Waals surface area contributed by atoms with Crippen LogP contribution in [0.25, 0.3) is 0 Å². The number of rotatable bonds is 2. The Kier molecular flexibility index (Phi) is 4.07. The van der Waals surface area contributed by atoms with E-state index < -0.39 is 11.2 Å². The van der Waals surface area contributed by atoms with Crippen LogP contribution in [0.1, 0.15) is 51.7 Å². The molecule has 2 nitrogen and oxygen atoms in total. The van der Waals surface area contributed by atoms with Gasteiger partial charge in [-0.1, -0.05) is 74.5 Å². The minimum Gasteiger partial charge on any atom is -0.225 e. The van der Waals surface area contributed by atoms with Crippen molar-refractivity contribution in [1.82, 2.24) is 0 Å². The van der Waals surface area contributed by atoms with Gasteiger partial charge in [0.25, 0.3) is 0 Å². The Morgan fingerprint density at radius 3 is 1.30 bits per heavy atom. The van der Waals surface area contributed by atoms with Crippen molar-refractivity contribution >= 4 is 0 Å². The molecule has 0 N–H and O–H groups in total. The highest BCUT2D eigenvalue weighted by Gasteiger charge is 2.46. The maximum absolute atomic E-state index is 6.08. The van der Waals surface area contributed by atoms with Crippen molar-refractivity contribution in [2.24, 2.45) is 5.41 Å². The Hall–Kier alpha value is -1.64. The first-order valence-electron chi connectivity index (χ1n) is 8.31. The second-order valence-corrected chi connectivity index (χ2v) is 7.88. The molecule has 0 amide bonds. The first-order valence-corrected chi connectivity index (χ1v) is 8.31. The zero-order chi connectivity index (χ0) is 16.6. The fourth-order valence-corrected chi connectivity index (χ4v) is 4.01. The minimum absolute atomic E-state index is 0.0890. The zero-order valence-electron chi connectivity index (χ0n) is 14.5. The van der Waals surface area contributed by atoms with Crippen LogP contribution in [-0.4, -0.2) is 0 Å². The average molecular weight is 310 g/mol. The summed E-state index contributed by atoms with van der Waals surface area (Å²) in [4.78, 5) is 12.2. The van der Waals surface area contributed by atoms with Crippen LogP contribution in [0.2, 0.25) is 0 Å². The van der Waals surface area contributed by atoms with Gasteiger partial charge in [-0.15, -0.1) is 0 Å². The van der Waals surface area contributed by atoms with Gasteiger partial charge >= 0.3 is 0 Å². The van der Waals surface area contributed by atoms with Crippen molar-refractivity contribution in [2.75, 3.05) is 0 Å². The van der Waals surface area contributed by atoms with Gasteiger partial charge in [0, 0.05) is 0 Å². The lowest BCUT2D eigenvalue weighted by Crippen LogP contribution is -2.29. The molecule has 23 heavy (non-hydrogen) atoms. The molecule has 2 aromatic rings. The smallest absolute Gasteiger partial charge is 0.126 e. The molecule has 0 radical (unpaired) electrons. The van der Waals surface area contributed by atoms with Gasteiger partial charge in [0.15, 0.2) is 0 Å². The minimum atomic E-state index is -0.447. The first-order chi connectivity index (χ1) is 10.8. The van der Waals surface area contributed by atoms with Crippen LogP contribution in [0.4, 0.5) is 0 Å². The van der Waals surface area contributed by atoms with E-state index in [-0.39, 0.29) is 5.41 Å². The number of benzene rings is 2. The summed E-state index contributed by atoms with van der Waals surface area (Å²) in [6, 6.07) is 20.7. The summed E-state index contributed by atoms with van der Waals surface area (Å²) in [5, 5.41) is 0. The predicted molar refractivity (Wildman–Crippen MR) is 92.8 cm³/mol. The van der Waals surface area contributed by atoms with E-state index in [4.69, 9.17) is 9.78 Å². The van der Waals surface area contributed by atoms with E-state index in [2.05, 4.69) is 76.2 Å². The Morgan fingerprint density at radius 1 is 0.609 bits per heavy atom. The van der Waals surface area contributed by atoms with Crippen LogP contribution >= 0.6 is 0 Å². The molecule has 1 fully saturated rings. The molecule has 122 valence electrons. The molecule has 0 aliphatic carbocycles. The molecule has 0 saturated carbocycles. The molecule has 2 atom stereocenters. The van der Waals surface area contributed by atoms with Gasteiger partial charge in [0.1, 0.15) is 11.2 Å². The van der Waals surface area contributed by atoms with Crippen LogP contribution in [0.15, 0.2) is 60.7 Å². The van der Waals surface area contributed by atoms with E-state index in [1.54, 1.807) is 0 Å². The zero-order valence-corrected chi connectivity index (χ0v) is 14.5. The van der Waals surface area contributed by atoms with E-state index in [0.29, 0.717) is 0 Å². The third kappa shape index (κ3) is 3.34. The second-order valence-electron chi connectivity index (χ2n) is 7.88. The lowest BCUT2D eigenvalue weighted by Gasteiger charge is -2.33. The fraction of sp³-hybridized carbons (Fsp3) is 0.429. The van der Waals surface area contributed by atoms with Crippen molar-refractivity contribution in [3.8, 4) is 0 Å². The summed E-state index contributed by atoms with van der Waals surface area (Å²) < 4.78 is 0. The molecule has 1 heterocycles. The van der Waals surface area contributed by atoms with Gasteiger partial charge in [-0.25, -0.2) is 9.78 Å². The van der Waals surface area contributed by atoms with Crippen LogP contribution in [-0.2, 0) is 21.0 Å². The van der Waals surface area contributed by atoms with E-state index in [0.717, 1.165) is 24.0 Å². The predicted octanol–water partition coefficient (Wildman–Crippen LogP) is 5.59. The van der Waals surface area contributed by atoms with Gasteiger partial charge in [-0.2, -0.15) is 0 Å². The molecule has 1 aliphatic rings. The third-order valence-corrected chi connectivity index (χ3v) is 4.81. The lowest BCUT2D eigenvalue weighted by molar-refractivity contribution is -0.410. The summed E-state index contributed by atoms with van der Waals surface area (Å²) in [5.74, 6) is 0.